The monoisotopic (exact) mass is 435 g/mol. The fourth-order valence-electron chi connectivity index (χ4n) is 1.75. The zero-order chi connectivity index (χ0) is 15.6. The number of ether oxygens (including phenoxy) is 2. The molecule has 0 radical (unpaired) electrons. The van der Waals surface area contributed by atoms with Gasteiger partial charge in [0.15, 0.2) is 11.5 Å². The number of benzene rings is 1. The molecule has 112 valence electrons. The van der Waals surface area contributed by atoms with Crippen LogP contribution in [0, 0.1) is 3.57 Å². The summed E-state index contributed by atoms with van der Waals surface area (Å²) in [6, 6.07) is 3.80. The first-order chi connectivity index (χ1) is 9.90. The highest BCUT2D eigenvalue weighted by Crippen LogP contribution is 2.36. The second-order valence-corrected chi connectivity index (χ2v) is 7.43. The normalized spacial score (nSPS) is 16.5. The van der Waals surface area contributed by atoms with Crippen molar-refractivity contribution in [1.82, 2.24) is 5.32 Å². The molecule has 2 rings (SSSR count). The molecule has 0 spiro atoms. The first-order valence-electron chi connectivity index (χ1n) is 6.19. The van der Waals surface area contributed by atoms with E-state index in [9.17, 15) is 4.79 Å². The summed E-state index contributed by atoms with van der Waals surface area (Å²) < 4.78 is 12.6. The summed E-state index contributed by atoms with van der Waals surface area (Å²) in [6.07, 6.45) is 1.86. The predicted octanol–water partition coefficient (Wildman–Crippen LogP) is 3.58. The molecule has 1 aliphatic heterocycles. The fraction of sp³-hybridized carbons (Fsp3) is 0.286. The van der Waals surface area contributed by atoms with E-state index in [2.05, 4.69) is 27.9 Å². The smallest absolute Gasteiger partial charge is 0.263 e. The molecule has 1 N–H and O–H groups in total. The summed E-state index contributed by atoms with van der Waals surface area (Å²) in [4.78, 5) is 12.3. The van der Waals surface area contributed by atoms with Gasteiger partial charge in [0.05, 0.1) is 21.7 Å². The zero-order valence-electron chi connectivity index (χ0n) is 11.7. The number of hydrogen-bond acceptors (Lipinski definition) is 5. The molecule has 0 atom stereocenters. The Morgan fingerprint density at radius 2 is 2.14 bits per heavy atom. The number of carbonyl (C=O) groups excluding carboxylic acids is 1. The molecule has 1 aliphatic rings. The van der Waals surface area contributed by atoms with E-state index in [0.29, 0.717) is 20.7 Å². The molecule has 0 aliphatic carbocycles. The van der Waals surface area contributed by atoms with Gasteiger partial charge in [-0.15, -0.1) is 0 Å². The lowest BCUT2D eigenvalue weighted by Gasteiger charge is -2.16. The highest BCUT2D eigenvalue weighted by molar-refractivity contribution is 14.1. The average molecular weight is 435 g/mol. The van der Waals surface area contributed by atoms with Gasteiger partial charge in [0.2, 0.25) is 0 Å². The van der Waals surface area contributed by atoms with Crippen LogP contribution in [0.3, 0.4) is 0 Å². The molecule has 0 bridgehead atoms. The molecular weight excluding hydrogens is 421 g/mol. The molecular formula is C14H14INO3S2. The molecule has 1 amide bonds. The third-order valence-corrected chi connectivity index (χ3v) is 4.51. The summed E-state index contributed by atoms with van der Waals surface area (Å²) in [5, 5.41) is 2.60. The van der Waals surface area contributed by atoms with Crippen molar-refractivity contribution in [3.8, 4) is 11.5 Å². The van der Waals surface area contributed by atoms with Gasteiger partial charge in [0.25, 0.3) is 5.91 Å². The Kier molecular flexibility index (Phi) is 5.50. The Hall–Kier alpha value is -0.800. The van der Waals surface area contributed by atoms with Crippen molar-refractivity contribution in [2.45, 2.75) is 20.0 Å². The van der Waals surface area contributed by atoms with Gasteiger partial charge in [0, 0.05) is 0 Å². The number of methoxy groups -OCH3 is 1. The maximum absolute atomic E-state index is 11.7. The number of amides is 1. The van der Waals surface area contributed by atoms with Gasteiger partial charge in [-0.3, -0.25) is 4.79 Å². The molecule has 7 heteroatoms. The first kappa shape index (κ1) is 16.6. The van der Waals surface area contributed by atoms with Crippen LogP contribution in [-0.2, 0) is 4.79 Å². The quantitative estimate of drug-likeness (QED) is 0.445. The van der Waals surface area contributed by atoms with Crippen LogP contribution in [0.15, 0.2) is 17.0 Å². The van der Waals surface area contributed by atoms with E-state index in [1.54, 1.807) is 13.2 Å². The molecule has 4 nitrogen and oxygen atoms in total. The Labute approximate surface area is 146 Å². The molecule has 0 saturated carbocycles. The Morgan fingerprint density at radius 3 is 2.67 bits per heavy atom. The number of nitrogens with one attached hydrogen (secondary N) is 1. The number of hydrogen-bond donors (Lipinski definition) is 1. The lowest BCUT2D eigenvalue weighted by atomic mass is 10.2. The van der Waals surface area contributed by atoms with Crippen molar-refractivity contribution < 1.29 is 14.3 Å². The molecule has 1 aromatic carbocycles. The van der Waals surface area contributed by atoms with E-state index in [0.717, 1.165) is 9.13 Å². The van der Waals surface area contributed by atoms with Crippen molar-refractivity contribution in [3.63, 3.8) is 0 Å². The van der Waals surface area contributed by atoms with Crippen LogP contribution < -0.4 is 14.8 Å². The van der Waals surface area contributed by atoms with Crippen LogP contribution in [0.1, 0.15) is 19.4 Å². The number of carbonyl (C=O) groups is 1. The number of rotatable bonds is 4. The molecule has 0 unspecified atom stereocenters. The molecule has 1 fully saturated rings. The molecule has 21 heavy (non-hydrogen) atoms. The highest BCUT2D eigenvalue weighted by Gasteiger charge is 2.22. The minimum absolute atomic E-state index is 0.0603. The van der Waals surface area contributed by atoms with E-state index < -0.39 is 0 Å². The SMILES string of the molecule is COc1cc(/C=C2/SC(=S)NC2=O)cc(I)c1OC(C)C. The van der Waals surface area contributed by atoms with Crippen LogP contribution in [0.25, 0.3) is 6.08 Å². The standard InChI is InChI=1S/C14H14INO3S2/c1-7(2)19-12-9(15)4-8(5-10(12)18-3)6-11-13(17)16-14(20)21-11/h4-7H,1-3H3,(H,16,17,20)/b11-6+. The van der Waals surface area contributed by atoms with Crippen LogP contribution >= 0.6 is 46.6 Å². The van der Waals surface area contributed by atoms with Crippen molar-refractivity contribution in [2.75, 3.05) is 7.11 Å². The van der Waals surface area contributed by atoms with Gasteiger partial charge >= 0.3 is 0 Å². The zero-order valence-corrected chi connectivity index (χ0v) is 15.5. The molecule has 1 heterocycles. The minimum Gasteiger partial charge on any atom is -0.493 e. The van der Waals surface area contributed by atoms with Gasteiger partial charge in [-0.2, -0.15) is 0 Å². The maximum atomic E-state index is 11.7. The van der Waals surface area contributed by atoms with Crippen LogP contribution in [0.5, 0.6) is 11.5 Å². The maximum Gasteiger partial charge on any atom is 0.263 e. The largest absolute Gasteiger partial charge is 0.493 e. The lowest BCUT2D eigenvalue weighted by molar-refractivity contribution is -0.115. The fourth-order valence-corrected chi connectivity index (χ4v) is 3.54. The lowest BCUT2D eigenvalue weighted by Crippen LogP contribution is -2.17. The van der Waals surface area contributed by atoms with Crippen molar-refractivity contribution in [3.05, 3.63) is 26.2 Å². The summed E-state index contributed by atoms with van der Waals surface area (Å²) in [5.74, 6) is 1.20. The summed E-state index contributed by atoms with van der Waals surface area (Å²) in [6.45, 7) is 3.93. The first-order valence-corrected chi connectivity index (χ1v) is 8.50. The number of thiocarbonyl (C=S) groups is 1. The van der Waals surface area contributed by atoms with Gasteiger partial charge in [-0.25, -0.2) is 0 Å². The predicted molar refractivity (Wildman–Crippen MR) is 97.8 cm³/mol. The third-order valence-electron chi connectivity index (χ3n) is 2.55. The molecule has 1 aromatic rings. The van der Waals surface area contributed by atoms with Gasteiger partial charge in [-0.05, 0) is 60.2 Å². The molecule has 0 aromatic heterocycles. The number of halogens is 1. The van der Waals surface area contributed by atoms with E-state index in [-0.39, 0.29) is 12.0 Å². The van der Waals surface area contributed by atoms with Gasteiger partial charge in [-0.1, -0.05) is 24.0 Å². The summed E-state index contributed by atoms with van der Waals surface area (Å²) in [5.41, 5.74) is 0.870. The Morgan fingerprint density at radius 1 is 1.43 bits per heavy atom. The van der Waals surface area contributed by atoms with Crippen molar-refractivity contribution in [1.29, 1.82) is 0 Å². The van der Waals surface area contributed by atoms with Crippen molar-refractivity contribution in [2.24, 2.45) is 0 Å². The topological polar surface area (TPSA) is 47.6 Å². The highest BCUT2D eigenvalue weighted by atomic mass is 127. The van der Waals surface area contributed by atoms with E-state index in [1.165, 1.54) is 11.8 Å². The second kappa shape index (κ2) is 6.97. The van der Waals surface area contributed by atoms with Crippen LogP contribution in [0.4, 0.5) is 0 Å². The Balaban J connectivity index is 2.38. The van der Waals surface area contributed by atoms with Gasteiger partial charge < -0.3 is 14.8 Å². The Bertz CT molecular complexity index is 629. The van der Waals surface area contributed by atoms with Crippen LogP contribution in [0.2, 0.25) is 0 Å². The van der Waals surface area contributed by atoms with E-state index >= 15 is 0 Å². The van der Waals surface area contributed by atoms with Crippen LogP contribution in [-0.4, -0.2) is 23.4 Å². The van der Waals surface area contributed by atoms with Gasteiger partial charge in [0.1, 0.15) is 4.32 Å². The summed E-state index contributed by atoms with van der Waals surface area (Å²) in [7, 11) is 1.60. The molecule has 1 saturated heterocycles. The average Bonchev–Trinajstić information content (AvgIpc) is 2.70. The number of thioether (sulfide) groups is 1. The minimum atomic E-state index is -0.165. The second-order valence-electron chi connectivity index (χ2n) is 4.55. The van der Waals surface area contributed by atoms with E-state index in [1.807, 2.05) is 26.0 Å². The third kappa shape index (κ3) is 4.10. The van der Waals surface area contributed by atoms with Crippen molar-refractivity contribution >= 4 is 62.9 Å². The van der Waals surface area contributed by atoms with E-state index in [4.69, 9.17) is 21.7 Å². The summed E-state index contributed by atoms with van der Waals surface area (Å²) >= 11 is 8.43.